The molecule has 0 amide bonds. The molecule has 3 aliphatic heterocycles. The Labute approximate surface area is 299 Å². The standard InChI is InChI=1S/C41H37ClN3O4P/c1-27-32(26-48-40-19-39(33(24-46)18-38(40)42)47-25-30-17-29(20-43)21-44-22-30)5-3-7-36(27)37-8-4-6-35(28(37)2)31-9-11-34(12-10-31)49-41-23-45-13-15-50(41)16-14-45/h3-12,17-19,21-22,24,41H,13-16,23,25-26H2,1-2H3. The second kappa shape index (κ2) is 15.0. The van der Waals surface area contributed by atoms with Gasteiger partial charge in [-0.15, -0.1) is 0 Å². The molecule has 1 aromatic heterocycles. The molecule has 8 rings (SSSR count). The second-order valence-electron chi connectivity index (χ2n) is 12.7. The minimum atomic E-state index is -0.0241. The number of benzene rings is 4. The van der Waals surface area contributed by atoms with Crippen LogP contribution in [0.2, 0.25) is 5.02 Å². The largest absolute Gasteiger partial charge is 0.488 e. The highest BCUT2D eigenvalue weighted by Gasteiger charge is 2.35. The van der Waals surface area contributed by atoms with Crippen molar-refractivity contribution < 1.29 is 19.0 Å². The van der Waals surface area contributed by atoms with E-state index in [1.807, 2.05) is 12.1 Å². The Morgan fingerprint density at radius 3 is 2.34 bits per heavy atom. The zero-order valence-electron chi connectivity index (χ0n) is 28.1. The summed E-state index contributed by atoms with van der Waals surface area (Å²) in [6.07, 6.45) is 6.40. The van der Waals surface area contributed by atoms with Gasteiger partial charge in [0.2, 0.25) is 0 Å². The summed E-state index contributed by atoms with van der Waals surface area (Å²) in [5.41, 5.74) is 9.41. The van der Waals surface area contributed by atoms with Gasteiger partial charge in [0.15, 0.2) is 6.29 Å². The van der Waals surface area contributed by atoms with E-state index in [1.165, 1.54) is 42.7 Å². The number of hydrogen-bond acceptors (Lipinski definition) is 7. The molecule has 252 valence electrons. The van der Waals surface area contributed by atoms with Crippen LogP contribution >= 0.6 is 19.5 Å². The molecule has 0 spiro atoms. The van der Waals surface area contributed by atoms with Crippen LogP contribution in [0.15, 0.2) is 91.3 Å². The lowest BCUT2D eigenvalue weighted by Gasteiger charge is -2.44. The summed E-state index contributed by atoms with van der Waals surface area (Å²) in [6, 6.07) is 28.2. The summed E-state index contributed by atoms with van der Waals surface area (Å²) >= 11 is 6.55. The molecular weight excluding hydrogens is 665 g/mol. The van der Waals surface area contributed by atoms with Crippen LogP contribution in [0.5, 0.6) is 17.2 Å². The molecule has 3 aliphatic rings. The Morgan fingerprint density at radius 1 is 0.900 bits per heavy atom. The molecule has 0 N–H and O–H groups in total. The van der Waals surface area contributed by atoms with Gasteiger partial charge in [0.25, 0.3) is 0 Å². The van der Waals surface area contributed by atoms with Gasteiger partial charge < -0.3 is 14.2 Å². The zero-order chi connectivity index (χ0) is 34.6. The first-order valence-electron chi connectivity index (χ1n) is 16.7. The van der Waals surface area contributed by atoms with Crippen LogP contribution in [0, 0.1) is 25.2 Å². The number of aldehydes is 1. The van der Waals surface area contributed by atoms with E-state index in [4.69, 9.17) is 25.8 Å². The van der Waals surface area contributed by atoms with Crippen molar-refractivity contribution in [3.05, 3.63) is 130 Å². The maximum Gasteiger partial charge on any atom is 0.153 e. The number of aromatic nitrogens is 1. The van der Waals surface area contributed by atoms with Crippen molar-refractivity contribution in [2.24, 2.45) is 0 Å². The van der Waals surface area contributed by atoms with Crippen LogP contribution in [0.4, 0.5) is 0 Å². The summed E-state index contributed by atoms with van der Waals surface area (Å²) < 4.78 is 18.7. The Hall–Kier alpha value is -4.73. The Bertz CT molecular complexity index is 2070. The first-order valence-corrected chi connectivity index (χ1v) is 18.9. The summed E-state index contributed by atoms with van der Waals surface area (Å²) in [6.45, 7) is 8.21. The van der Waals surface area contributed by atoms with Gasteiger partial charge in [-0.25, -0.2) is 0 Å². The second-order valence-corrected chi connectivity index (χ2v) is 15.8. The highest BCUT2D eigenvalue weighted by Crippen LogP contribution is 2.48. The predicted molar refractivity (Wildman–Crippen MR) is 199 cm³/mol. The van der Waals surface area contributed by atoms with Gasteiger partial charge >= 0.3 is 0 Å². The summed E-state index contributed by atoms with van der Waals surface area (Å²) in [5.74, 6) is 2.04. The molecule has 2 bridgehead atoms. The lowest BCUT2D eigenvalue weighted by Crippen LogP contribution is -2.48. The lowest BCUT2D eigenvalue weighted by atomic mass is 9.89. The zero-order valence-corrected chi connectivity index (χ0v) is 29.7. The molecule has 1 unspecified atom stereocenters. The summed E-state index contributed by atoms with van der Waals surface area (Å²) in [7, 11) is -0.0241. The van der Waals surface area contributed by atoms with Gasteiger partial charge in [0.05, 0.1) is 16.1 Å². The lowest BCUT2D eigenvalue weighted by molar-refractivity contribution is 0.111. The molecule has 0 radical (unpaired) electrons. The number of halogens is 1. The van der Waals surface area contributed by atoms with Gasteiger partial charge in [-0.3, -0.25) is 14.7 Å². The van der Waals surface area contributed by atoms with Crippen molar-refractivity contribution in [3.8, 4) is 45.6 Å². The number of nitrogens with zero attached hydrogens (tertiary/aromatic N) is 3. The Balaban J connectivity index is 1.07. The van der Waals surface area contributed by atoms with Crippen molar-refractivity contribution in [1.29, 1.82) is 5.26 Å². The molecule has 7 nitrogen and oxygen atoms in total. The SMILES string of the molecule is Cc1c(COc2cc(OCc3cncc(C#N)c3)c(C=O)cc2Cl)cccc1-c1cccc(-c2ccc(OC3CN4CCP3CC4)cc2)c1C. The monoisotopic (exact) mass is 701 g/mol. The molecule has 3 fully saturated rings. The van der Waals surface area contributed by atoms with Crippen molar-refractivity contribution in [2.75, 3.05) is 32.0 Å². The third-order valence-corrected chi connectivity index (χ3v) is 12.6. The number of rotatable bonds is 11. The first-order chi connectivity index (χ1) is 24.4. The maximum absolute atomic E-state index is 11.8. The maximum atomic E-state index is 11.8. The van der Waals surface area contributed by atoms with Gasteiger partial charge in [0, 0.05) is 43.7 Å². The minimum absolute atomic E-state index is 0.0241. The van der Waals surface area contributed by atoms with Crippen LogP contribution in [0.1, 0.15) is 38.2 Å². The van der Waals surface area contributed by atoms with Gasteiger partial charge in [-0.05, 0) is 89.4 Å². The highest BCUT2D eigenvalue weighted by atomic mass is 35.5. The first kappa shape index (κ1) is 33.8. The Morgan fingerprint density at radius 2 is 1.62 bits per heavy atom. The number of fused-ring (bicyclic) bond motifs is 3. The fraction of sp³-hybridized carbons (Fsp3) is 0.244. The Kier molecular flexibility index (Phi) is 10.1. The number of carbonyl (C=O) groups is 1. The van der Waals surface area contributed by atoms with Crippen LogP contribution in [0.3, 0.4) is 0 Å². The fourth-order valence-electron chi connectivity index (χ4n) is 6.75. The summed E-state index contributed by atoms with van der Waals surface area (Å²) in [4.78, 5) is 18.4. The number of pyridine rings is 1. The van der Waals surface area contributed by atoms with E-state index < -0.39 is 0 Å². The van der Waals surface area contributed by atoms with Crippen molar-refractivity contribution in [3.63, 3.8) is 0 Å². The molecule has 5 aromatic rings. The van der Waals surface area contributed by atoms with Crippen LogP contribution in [-0.2, 0) is 13.2 Å². The average molecular weight is 702 g/mol. The van der Waals surface area contributed by atoms with E-state index in [1.54, 1.807) is 24.4 Å². The number of hydrogen-bond donors (Lipinski definition) is 0. The van der Waals surface area contributed by atoms with Crippen molar-refractivity contribution in [2.45, 2.75) is 32.9 Å². The van der Waals surface area contributed by atoms with Crippen molar-refractivity contribution >= 4 is 25.8 Å². The van der Waals surface area contributed by atoms with Gasteiger partial charge in [-0.2, -0.15) is 5.26 Å². The number of nitriles is 1. The molecular formula is C41H37ClN3O4P. The van der Waals surface area contributed by atoms with Crippen LogP contribution in [0.25, 0.3) is 22.3 Å². The van der Waals surface area contributed by atoms with Gasteiger partial charge in [-0.1, -0.05) is 68.1 Å². The molecule has 1 atom stereocenters. The molecule has 3 saturated heterocycles. The molecule has 4 aromatic carbocycles. The van der Waals surface area contributed by atoms with Crippen LogP contribution < -0.4 is 14.2 Å². The van der Waals surface area contributed by atoms with E-state index in [9.17, 15) is 10.1 Å². The van der Waals surface area contributed by atoms with E-state index in [0.29, 0.717) is 45.3 Å². The van der Waals surface area contributed by atoms with E-state index in [0.717, 1.165) is 40.1 Å². The minimum Gasteiger partial charge on any atom is -0.488 e. The smallest absolute Gasteiger partial charge is 0.153 e. The molecule has 4 heterocycles. The average Bonchev–Trinajstić information content (AvgIpc) is 3.15. The molecule has 50 heavy (non-hydrogen) atoms. The molecule has 0 saturated carbocycles. The third-order valence-electron chi connectivity index (χ3n) is 9.63. The third kappa shape index (κ3) is 7.25. The van der Waals surface area contributed by atoms with E-state index >= 15 is 0 Å². The molecule has 9 heteroatoms. The van der Waals surface area contributed by atoms with E-state index in [-0.39, 0.29) is 21.1 Å². The molecule has 0 aliphatic carbocycles. The quantitative estimate of drug-likeness (QED) is 0.100. The number of carbonyl (C=O) groups excluding carboxylic acids is 1. The fourth-order valence-corrected chi connectivity index (χ4v) is 9.58. The van der Waals surface area contributed by atoms with Crippen molar-refractivity contribution in [1.82, 2.24) is 9.88 Å². The topological polar surface area (TPSA) is 84.7 Å². The summed E-state index contributed by atoms with van der Waals surface area (Å²) in [5, 5.41) is 9.49. The van der Waals surface area contributed by atoms with Gasteiger partial charge in [0.1, 0.15) is 42.4 Å². The van der Waals surface area contributed by atoms with Crippen LogP contribution in [-0.4, -0.2) is 54.0 Å². The van der Waals surface area contributed by atoms with E-state index in [2.05, 4.69) is 78.3 Å². The highest BCUT2D eigenvalue weighted by molar-refractivity contribution is 7.58. The normalized spacial score (nSPS) is 17.9. The predicted octanol–water partition coefficient (Wildman–Crippen LogP) is 9.04. The number of ether oxygens (including phenoxy) is 3.